The molecule has 114 valence electrons. The number of benzene rings is 1. The molecule has 1 amide bonds. The van der Waals surface area contributed by atoms with Crippen molar-refractivity contribution in [3.8, 4) is 0 Å². The average molecular weight is 291 g/mol. The highest BCUT2D eigenvalue weighted by Crippen LogP contribution is 2.33. The lowest BCUT2D eigenvalue weighted by Crippen LogP contribution is -2.38. The molecule has 2 N–H and O–H groups in total. The van der Waals surface area contributed by atoms with Crippen molar-refractivity contribution >= 4 is 11.9 Å². The topological polar surface area (TPSA) is 75.6 Å². The molecular formula is C16H21NO4. The molecule has 1 aliphatic heterocycles. The molecular weight excluding hydrogens is 270 g/mol. The highest BCUT2D eigenvalue weighted by molar-refractivity contribution is 5.80. The molecule has 1 saturated heterocycles. The number of aliphatic carboxylic acids is 1. The minimum absolute atomic E-state index is 0.0610. The number of rotatable bonds is 5. The van der Waals surface area contributed by atoms with Crippen molar-refractivity contribution in [1.29, 1.82) is 0 Å². The predicted molar refractivity (Wildman–Crippen MR) is 77.9 cm³/mol. The maximum absolute atomic E-state index is 12.2. The largest absolute Gasteiger partial charge is 0.481 e. The lowest BCUT2D eigenvalue weighted by molar-refractivity contribution is -0.137. The van der Waals surface area contributed by atoms with Crippen molar-refractivity contribution in [2.45, 2.75) is 32.3 Å². The predicted octanol–water partition coefficient (Wildman–Crippen LogP) is 2.05. The first-order chi connectivity index (χ1) is 10.1. The van der Waals surface area contributed by atoms with Crippen LogP contribution < -0.4 is 5.32 Å². The van der Waals surface area contributed by atoms with Crippen molar-refractivity contribution < 1.29 is 19.4 Å². The average Bonchev–Trinajstić information content (AvgIpc) is 2.47. The zero-order chi connectivity index (χ0) is 15.2. The van der Waals surface area contributed by atoms with Crippen molar-refractivity contribution in [2.75, 3.05) is 13.2 Å². The van der Waals surface area contributed by atoms with Crippen LogP contribution in [0.25, 0.3) is 0 Å². The Balaban J connectivity index is 2.02. The molecule has 1 heterocycles. The molecule has 2 atom stereocenters. The van der Waals surface area contributed by atoms with Gasteiger partial charge in [0.15, 0.2) is 0 Å². The minimum atomic E-state index is -0.912. The van der Waals surface area contributed by atoms with Gasteiger partial charge in [-0.15, -0.1) is 0 Å². The quantitative estimate of drug-likeness (QED) is 0.870. The summed E-state index contributed by atoms with van der Waals surface area (Å²) in [4.78, 5) is 22.7. The molecule has 0 saturated carbocycles. The Morgan fingerprint density at radius 3 is 2.71 bits per heavy atom. The number of carboxylic acids is 1. The maximum atomic E-state index is 12.2. The third-order valence-corrected chi connectivity index (χ3v) is 3.70. The Hall–Kier alpha value is -1.88. The smallest absolute Gasteiger partial charge is 0.305 e. The van der Waals surface area contributed by atoms with E-state index in [4.69, 9.17) is 9.84 Å². The monoisotopic (exact) mass is 291 g/mol. The molecule has 1 aromatic carbocycles. The van der Waals surface area contributed by atoms with Gasteiger partial charge in [0.05, 0.1) is 18.4 Å². The number of aryl methyl sites for hydroxylation is 1. The molecule has 1 fully saturated rings. The van der Waals surface area contributed by atoms with E-state index in [-0.39, 0.29) is 30.9 Å². The van der Waals surface area contributed by atoms with Gasteiger partial charge in [0.1, 0.15) is 0 Å². The second kappa shape index (κ2) is 7.22. The van der Waals surface area contributed by atoms with E-state index in [9.17, 15) is 9.59 Å². The maximum Gasteiger partial charge on any atom is 0.305 e. The summed E-state index contributed by atoms with van der Waals surface area (Å²) >= 11 is 0. The third kappa shape index (κ3) is 4.29. The van der Waals surface area contributed by atoms with Crippen LogP contribution in [0.5, 0.6) is 0 Å². The van der Waals surface area contributed by atoms with E-state index in [1.807, 2.05) is 31.2 Å². The Kier molecular flexibility index (Phi) is 5.33. The van der Waals surface area contributed by atoms with Gasteiger partial charge in [-0.05, 0) is 25.3 Å². The zero-order valence-corrected chi connectivity index (χ0v) is 12.2. The first-order valence-electron chi connectivity index (χ1n) is 7.25. The van der Waals surface area contributed by atoms with Gasteiger partial charge in [0.25, 0.3) is 0 Å². The van der Waals surface area contributed by atoms with Gasteiger partial charge in [0, 0.05) is 13.2 Å². The fourth-order valence-electron chi connectivity index (χ4n) is 2.56. The summed E-state index contributed by atoms with van der Waals surface area (Å²) in [6.07, 6.45) is 1.30. The van der Waals surface area contributed by atoms with Crippen LogP contribution in [-0.2, 0) is 14.3 Å². The molecule has 2 rings (SSSR count). The number of carbonyl (C=O) groups is 2. The first kappa shape index (κ1) is 15.5. The molecule has 0 aliphatic carbocycles. The lowest BCUT2D eigenvalue weighted by atomic mass is 9.88. The molecule has 0 spiro atoms. The van der Waals surface area contributed by atoms with E-state index >= 15 is 0 Å². The highest BCUT2D eigenvalue weighted by Gasteiger charge is 2.32. The molecule has 0 aromatic heterocycles. The van der Waals surface area contributed by atoms with Crippen LogP contribution in [0.2, 0.25) is 0 Å². The molecule has 1 aromatic rings. The molecule has 21 heavy (non-hydrogen) atoms. The number of hydrogen-bond donors (Lipinski definition) is 2. The van der Waals surface area contributed by atoms with Crippen LogP contribution in [0.1, 0.15) is 36.5 Å². The van der Waals surface area contributed by atoms with E-state index in [2.05, 4.69) is 5.32 Å². The summed E-state index contributed by atoms with van der Waals surface area (Å²) in [5, 5.41) is 11.3. The van der Waals surface area contributed by atoms with Crippen LogP contribution in [0, 0.1) is 12.8 Å². The summed E-state index contributed by atoms with van der Waals surface area (Å²) in [6, 6.07) is 7.99. The number of nitrogens with one attached hydrogen (secondary N) is 1. The van der Waals surface area contributed by atoms with E-state index in [0.29, 0.717) is 6.61 Å². The summed E-state index contributed by atoms with van der Waals surface area (Å²) in [7, 11) is 0. The standard InChI is InChI=1S/C16H21NO4/c1-11-4-6-12(7-5-11)15-13(3-2-10-21-15)16(20)17-9-8-14(18)19/h4-7,13,15H,2-3,8-10H2,1H3,(H,17,20)(H,18,19)/t13-,15+/m1/s1. The van der Waals surface area contributed by atoms with Gasteiger partial charge in [-0.1, -0.05) is 29.8 Å². The lowest BCUT2D eigenvalue weighted by Gasteiger charge is -2.31. The molecule has 0 radical (unpaired) electrons. The Bertz CT molecular complexity index is 498. The summed E-state index contributed by atoms with van der Waals surface area (Å²) in [5.41, 5.74) is 2.16. The van der Waals surface area contributed by atoms with Crippen LogP contribution in [-0.4, -0.2) is 30.1 Å². The van der Waals surface area contributed by atoms with Crippen molar-refractivity contribution in [3.05, 3.63) is 35.4 Å². The Morgan fingerprint density at radius 2 is 2.05 bits per heavy atom. The van der Waals surface area contributed by atoms with Crippen LogP contribution in [0.4, 0.5) is 0 Å². The molecule has 0 bridgehead atoms. The van der Waals surface area contributed by atoms with Gasteiger partial charge in [-0.25, -0.2) is 0 Å². The summed E-state index contributed by atoms with van der Waals surface area (Å²) in [5.74, 6) is -1.29. The van der Waals surface area contributed by atoms with Gasteiger partial charge in [0.2, 0.25) is 5.91 Å². The minimum Gasteiger partial charge on any atom is -0.481 e. The molecule has 0 unspecified atom stereocenters. The number of ether oxygens (including phenoxy) is 1. The number of amides is 1. The van der Waals surface area contributed by atoms with Crippen molar-refractivity contribution in [2.24, 2.45) is 5.92 Å². The van der Waals surface area contributed by atoms with E-state index in [1.54, 1.807) is 0 Å². The van der Waals surface area contributed by atoms with Gasteiger partial charge in [-0.3, -0.25) is 9.59 Å². The van der Waals surface area contributed by atoms with Crippen LogP contribution in [0.15, 0.2) is 24.3 Å². The molecule has 1 aliphatic rings. The van der Waals surface area contributed by atoms with Crippen molar-refractivity contribution in [1.82, 2.24) is 5.32 Å². The number of carboxylic acid groups (broad SMARTS) is 1. The summed E-state index contributed by atoms with van der Waals surface area (Å²) in [6.45, 7) is 2.82. The normalized spacial score (nSPS) is 21.8. The SMILES string of the molecule is Cc1ccc([C@@H]2OCCC[C@H]2C(=O)NCCC(=O)O)cc1. The third-order valence-electron chi connectivity index (χ3n) is 3.70. The molecule has 5 nitrogen and oxygen atoms in total. The van der Waals surface area contributed by atoms with Gasteiger partial charge >= 0.3 is 5.97 Å². The molecule has 5 heteroatoms. The van der Waals surface area contributed by atoms with Gasteiger partial charge in [-0.2, -0.15) is 0 Å². The Morgan fingerprint density at radius 1 is 1.33 bits per heavy atom. The van der Waals surface area contributed by atoms with E-state index in [1.165, 1.54) is 0 Å². The van der Waals surface area contributed by atoms with Crippen LogP contribution >= 0.6 is 0 Å². The van der Waals surface area contributed by atoms with E-state index < -0.39 is 5.97 Å². The van der Waals surface area contributed by atoms with E-state index in [0.717, 1.165) is 24.0 Å². The first-order valence-corrected chi connectivity index (χ1v) is 7.25. The van der Waals surface area contributed by atoms with Crippen LogP contribution in [0.3, 0.4) is 0 Å². The number of hydrogen-bond acceptors (Lipinski definition) is 3. The second-order valence-corrected chi connectivity index (χ2v) is 5.39. The van der Waals surface area contributed by atoms with Crippen molar-refractivity contribution in [3.63, 3.8) is 0 Å². The highest BCUT2D eigenvalue weighted by atomic mass is 16.5. The fourth-order valence-corrected chi connectivity index (χ4v) is 2.56. The zero-order valence-electron chi connectivity index (χ0n) is 12.2. The second-order valence-electron chi connectivity index (χ2n) is 5.39. The summed E-state index contributed by atoms with van der Waals surface area (Å²) < 4.78 is 5.79. The number of carbonyl (C=O) groups excluding carboxylic acids is 1. The Labute approximate surface area is 124 Å². The fraction of sp³-hybridized carbons (Fsp3) is 0.500. The van der Waals surface area contributed by atoms with Gasteiger partial charge < -0.3 is 15.2 Å².